The quantitative estimate of drug-likeness (QED) is 0.467. The molecule has 1 rings (SSSR count). The number of carbonyl (C=O) groups is 1. The molecule has 4 nitrogen and oxygen atoms in total. The predicted octanol–water partition coefficient (Wildman–Crippen LogP) is 1.65. The molecule has 0 saturated heterocycles. The van der Waals surface area contributed by atoms with Crippen LogP contribution in [-0.4, -0.2) is 24.3 Å². The van der Waals surface area contributed by atoms with Crippen molar-refractivity contribution in [1.82, 2.24) is 0 Å². The Morgan fingerprint density at radius 1 is 1.47 bits per heavy atom. The number of nitrogen functional groups attached to an aromatic ring is 1. The number of carbonyl (C=O) groups excluding carboxylic acids is 1. The number of rotatable bonds is 5. The van der Waals surface area contributed by atoms with Gasteiger partial charge in [0, 0.05) is 12.3 Å². The third-order valence-electron chi connectivity index (χ3n) is 2.28. The average Bonchev–Trinajstić information content (AvgIpc) is 2.29. The van der Waals surface area contributed by atoms with Crippen LogP contribution in [0.3, 0.4) is 0 Å². The summed E-state index contributed by atoms with van der Waals surface area (Å²) in [6.07, 6.45) is 1.09. The van der Waals surface area contributed by atoms with Gasteiger partial charge in [-0.15, -0.1) is 0 Å². The molecule has 5 heteroatoms. The Labute approximate surface area is 99.2 Å². The molecule has 0 aliphatic carbocycles. The van der Waals surface area contributed by atoms with Crippen molar-refractivity contribution in [2.75, 3.05) is 18.9 Å². The first-order chi connectivity index (χ1) is 8.06. The number of hydrogen-bond donors (Lipinski definition) is 2. The Hall–Kier alpha value is -1.62. The van der Waals surface area contributed by atoms with Crippen LogP contribution in [0.25, 0.3) is 0 Å². The number of aliphatic hydroxyl groups excluding tert-OH is 1. The molecule has 0 bridgehead atoms. The molecule has 1 aromatic rings. The van der Waals surface area contributed by atoms with Crippen molar-refractivity contribution in [3.05, 3.63) is 29.1 Å². The number of esters is 1. The van der Waals surface area contributed by atoms with Gasteiger partial charge in [-0.1, -0.05) is 0 Å². The highest BCUT2D eigenvalue weighted by atomic mass is 19.1. The smallest absolute Gasteiger partial charge is 0.341 e. The average molecular weight is 241 g/mol. The number of ether oxygens (including phenoxy) is 1. The summed E-state index contributed by atoms with van der Waals surface area (Å²) >= 11 is 0. The highest BCUT2D eigenvalue weighted by molar-refractivity contribution is 5.91. The Morgan fingerprint density at radius 2 is 2.18 bits per heavy atom. The summed E-state index contributed by atoms with van der Waals surface area (Å²) < 4.78 is 18.5. The Balaban J connectivity index is 2.69. The third-order valence-corrected chi connectivity index (χ3v) is 2.28. The van der Waals surface area contributed by atoms with Crippen LogP contribution in [0, 0.1) is 12.7 Å². The van der Waals surface area contributed by atoms with Gasteiger partial charge in [-0.05, 0) is 37.5 Å². The van der Waals surface area contributed by atoms with Crippen molar-refractivity contribution < 1.29 is 19.0 Å². The van der Waals surface area contributed by atoms with E-state index in [4.69, 9.17) is 15.6 Å². The fourth-order valence-corrected chi connectivity index (χ4v) is 1.40. The van der Waals surface area contributed by atoms with Gasteiger partial charge >= 0.3 is 5.97 Å². The van der Waals surface area contributed by atoms with Gasteiger partial charge in [0.25, 0.3) is 0 Å². The molecular formula is C12H16FNO3. The molecule has 0 aliphatic heterocycles. The summed E-state index contributed by atoms with van der Waals surface area (Å²) in [5.41, 5.74) is 6.03. The van der Waals surface area contributed by atoms with Gasteiger partial charge < -0.3 is 15.6 Å². The highest BCUT2D eigenvalue weighted by Crippen LogP contribution is 2.18. The van der Waals surface area contributed by atoms with Crippen LogP contribution < -0.4 is 5.73 Å². The third kappa shape index (κ3) is 3.71. The van der Waals surface area contributed by atoms with Crippen molar-refractivity contribution in [1.29, 1.82) is 0 Å². The molecule has 17 heavy (non-hydrogen) atoms. The van der Waals surface area contributed by atoms with E-state index in [0.29, 0.717) is 24.1 Å². The zero-order chi connectivity index (χ0) is 12.8. The summed E-state index contributed by atoms with van der Waals surface area (Å²) in [7, 11) is 0. The molecule has 0 unspecified atom stereocenters. The number of nitrogens with two attached hydrogens (primary N) is 1. The second-order valence-corrected chi connectivity index (χ2v) is 3.77. The summed E-state index contributed by atoms with van der Waals surface area (Å²) in [4.78, 5) is 11.6. The van der Waals surface area contributed by atoms with Gasteiger partial charge in [0.05, 0.1) is 12.2 Å². The first-order valence-electron chi connectivity index (χ1n) is 5.40. The zero-order valence-electron chi connectivity index (χ0n) is 9.70. The fourth-order valence-electron chi connectivity index (χ4n) is 1.40. The first kappa shape index (κ1) is 13.4. The summed E-state index contributed by atoms with van der Waals surface area (Å²) in [6, 6.07) is 2.72. The summed E-state index contributed by atoms with van der Waals surface area (Å²) in [5, 5.41) is 8.55. The van der Waals surface area contributed by atoms with E-state index in [-0.39, 0.29) is 18.8 Å². The van der Waals surface area contributed by atoms with E-state index in [1.165, 1.54) is 19.1 Å². The van der Waals surface area contributed by atoms with Gasteiger partial charge in [-0.25, -0.2) is 9.18 Å². The largest absolute Gasteiger partial charge is 0.462 e. The minimum atomic E-state index is -0.726. The SMILES string of the molecule is Cc1cc(N)cc(C(=O)OCCCCO)c1F. The van der Waals surface area contributed by atoms with Crippen LogP contribution in [0.4, 0.5) is 10.1 Å². The van der Waals surface area contributed by atoms with Gasteiger partial charge in [0.15, 0.2) is 0 Å². The van der Waals surface area contributed by atoms with Crippen LogP contribution in [-0.2, 0) is 4.74 Å². The zero-order valence-corrected chi connectivity index (χ0v) is 9.70. The molecule has 0 saturated carbocycles. The number of unbranched alkanes of at least 4 members (excludes halogenated alkanes) is 1. The first-order valence-corrected chi connectivity index (χ1v) is 5.40. The number of aryl methyl sites for hydroxylation is 1. The molecule has 0 radical (unpaired) electrons. The minimum Gasteiger partial charge on any atom is -0.462 e. The lowest BCUT2D eigenvalue weighted by Gasteiger charge is -2.07. The van der Waals surface area contributed by atoms with E-state index in [0.717, 1.165) is 0 Å². The molecule has 1 aromatic carbocycles. The maximum absolute atomic E-state index is 13.6. The number of anilines is 1. The van der Waals surface area contributed by atoms with Gasteiger partial charge in [0.2, 0.25) is 0 Å². The molecular weight excluding hydrogens is 225 g/mol. The Bertz CT molecular complexity index is 407. The van der Waals surface area contributed by atoms with E-state index in [9.17, 15) is 9.18 Å². The van der Waals surface area contributed by atoms with Crippen LogP contribution in [0.2, 0.25) is 0 Å². The number of hydrogen-bond acceptors (Lipinski definition) is 4. The molecule has 0 amide bonds. The summed E-state index contributed by atoms with van der Waals surface area (Å²) in [6.45, 7) is 1.74. The van der Waals surface area contributed by atoms with Crippen molar-refractivity contribution in [3.63, 3.8) is 0 Å². The number of halogens is 1. The highest BCUT2D eigenvalue weighted by Gasteiger charge is 2.15. The van der Waals surface area contributed by atoms with E-state index in [1.54, 1.807) is 0 Å². The van der Waals surface area contributed by atoms with Crippen molar-refractivity contribution in [2.45, 2.75) is 19.8 Å². The van der Waals surface area contributed by atoms with E-state index < -0.39 is 11.8 Å². The number of benzene rings is 1. The lowest BCUT2D eigenvalue weighted by atomic mass is 10.1. The Kier molecular flexibility index (Phi) is 4.90. The molecule has 0 spiro atoms. The second-order valence-electron chi connectivity index (χ2n) is 3.77. The molecule has 0 atom stereocenters. The van der Waals surface area contributed by atoms with Crippen molar-refractivity contribution in [3.8, 4) is 0 Å². The van der Waals surface area contributed by atoms with Crippen LogP contribution in [0.5, 0.6) is 0 Å². The normalized spacial score (nSPS) is 10.3. The molecule has 94 valence electrons. The molecule has 3 N–H and O–H groups in total. The van der Waals surface area contributed by atoms with Gasteiger partial charge in [0.1, 0.15) is 5.82 Å². The standard InChI is InChI=1S/C12H16FNO3/c1-8-6-9(14)7-10(11(8)13)12(16)17-5-3-2-4-15/h6-7,15H,2-5,14H2,1H3. The molecule has 0 aromatic heterocycles. The van der Waals surface area contributed by atoms with Crippen molar-refractivity contribution in [2.24, 2.45) is 0 Å². The molecule has 0 heterocycles. The van der Waals surface area contributed by atoms with Gasteiger partial charge in [-0.2, -0.15) is 0 Å². The predicted molar refractivity (Wildman–Crippen MR) is 62.2 cm³/mol. The Morgan fingerprint density at radius 3 is 2.82 bits per heavy atom. The van der Waals surface area contributed by atoms with E-state index >= 15 is 0 Å². The maximum Gasteiger partial charge on any atom is 0.341 e. The van der Waals surface area contributed by atoms with E-state index in [2.05, 4.69) is 0 Å². The lowest BCUT2D eigenvalue weighted by molar-refractivity contribution is 0.0487. The van der Waals surface area contributed by atoms with Crippen LogP contribution >= 0.6 is 0 Å². The van der Waals surface area contributed by atoms with Crippen LogP contribution in [0.15, 0.2) is 12.1 Å². The second kappa shape index (κ2) is 6.20. The molecule has 0 fully saturated rings. The lowest BCUT2D eigenvalue weighted by Crippen LogP contribution is -2.10. The molecule has 0 aliphatic rings. The van der Waals surface area contributed by atoms with Crippen molar-refractivity contribution >= 4 is 11.7 Å². The van der Waals surface area contributed by atoms with Crippen LogP contribution in [0.1, 0.15) is 28.8 Å². The maximum atomic E-state index is 13.6. The van der Waals surface area contributed by atoms with Gasteiger partial charge in [-0.3, -0.25) is 0 Å². The fraction of sp³-hybridized carbons (Fsp3) is 0.417. The summed E-state index contributed by atoms with van der Waals surface area (Å²) in [5.74, 6) is -1.33. The number of aliphatic hydroxyl groups is 1. The topological polar surface area (TPSA) is 72.6 Å². The monoisotopic (exact) mass is 241 g/mol. The van der Waals surface area contributed by atoms with E-state index in [1.807, 2.05) is 0 Å². The minimum absolute atomic E-state index is 0.0449.